The van der Waals surface area contributed by atoms with E-state index >= 15 is 0 Å². The zero-order chi connectivity index (χ0) is 26.1. The van der Waals surface area contributed by atoms with Gasteiger partial charge in [-0.1, -0.05) is 13.0 Å². The Kier molecular flexibility index (Phi) is 8.44. The van der Waals surface area contributed by atoms with Crippen LogP contribution >= 0.6 is 0 Å². The van der Waals surface area contributed by atoms with Crippen LogP contribution in [0.25, 0.3) is 0 Å². The first-order chi connectivity index (χ1) is 17.3. The van der Waals surface area contributed by atoms with E-state index in [0.29, 0.717) is 17.9 Å². The summed E-state index contributed by atoms with van der Waals surface area (Å²) in [6.07, 6.45) is 1.46. The summed E-state index contributed by atoms with van der Waals surface area (Å²) in [5.74, 6) is -1.32. The third-order valence-electron chi connectivity index (χ3n) is 4.86. The molecule has 2 amide bonds. The monoisotopic (exact) mass is 490 g/mol. The van der Waals surface area contributed by atoms with Crippen LogP contribution in [0.2, 0.25) is 0 Å². The Morgan fingerprint density at radius 3 is 2.28 bits per heavy atom. The fraction of sp³-hybridized carbons (Fsp3) is 0.120. The van der Waals surface area contributed by atoms with Gasteiger partial charge in [0.15, 0.2) is 0 Å². The molecular weight excluding hydrogens is 468 g/mol. The van der Waals surface area contributed by atoms with Gasteiger partial charge in [-0.15, -0.1) is 0 Å². The fourth-order valence-corrected chi connectivity index (χ4v) is 2.96. The Morgan fingerprint density at radius 2 is 1.67 bits per heavy atom. The van der Waals surface area contributed by atoms with E-state index in [1.807, 2.05) is 0 Å². The van der Waals surface area contributed by atoms with Gasteiger partial charge < -0.3 is 14.8 Å². The highest BCUT2D eigenvalue weighted by Crippen LogP contribution is 2.31. The van der Waals surface area contributed by atoms with Gasteiger partial charge in [0.1, 0.15) is 5.75 Å². The zero-order valence-electron chi connectivity index (χ0n) is 19.4. The van der Waals surface area contributed by atoms with Crippen molar-refractivity contribution in [1.29, 1.82) is 0 Å². The van der Waals surface area contributed by atoms with Crippen LogP contribution in [0.15, 0.2) is 71.8 Å². The van der Waals surface area contributed by atoms with Crippen molar-refractivity contribution in [2.75, 3.05) is 12.4 Å². The largest absolute Gasteiger partial charge is 0.497 e. The molecule has 2 N–H and O–H groups in total. The van der Waals surface area contributed by atoms with E-state index in [2.05, 4.69) is 15.8 Å². The third-order valence-corrected chi connectivity index (χ3v) is 4.86. The molecule has 11 heteroatoms. The first-order valence-electron chi connectivity index (χ1n) is 10.7. The summed E-state index contributed by atoms with van der Waals surface area (Å²) >= 11 is 0. The van der Waals surface area contributed by atoms with Gasteiger partial charge in [0, 0.05) is 29.3 Å². The number of nitro benzene ring substituents is 1. The second kappa shape index (κ2) is 11.9. The molecule has 0 radical (unpaired) electrons. The standard InChI is InChI=1S/C25H22N4O7/c1-3-22(30)27-19-11-7-16(8-12-19)24(31)28-26-15-18-5-4-6-21(29(33)34)23(18)36-25(32)17-9-13-20(35-2)14-10-17/h4-15H,3H2,1-2H3,(H,27,30)(H,28,31)/b26-15+. The van der Waals surface area contributed by atoms with Gasteiger partial charge in [0.05, 0.1) is 23.8 Å². The SMILES string of the molecule is CCC(=O)Nc1ccc(C(=O)N/N=C/c2cccc([N+](=O)[O-])c2OC(=O)c2ccc(OC)cc2)cc1. The van der Waals surface area contributed by atoms with Gasteiger partial charge in [0.25, 0.3) is 5.91 Å². The lowest BCUT2D eigenvalue weighted by molar-refractivity contribution is -0.385. The lowest BCUT2D eigenvalue weighted by atomic mass is 10.1. The number of ether oxygens (including phenoxy) is 2. The zero-order valence-corrected chi connectivity index (χ0v) is 19.4. The quantitative estimate of drug-likeness (QED) is 0.152. The number of carbonyl (C=O) groups excluding carboxylic acids is 3. The lowest BCUT2D eigenvalue weighted by Crippen LogP contribution is -2.18. The molecule has 0 aliphatic carbocycles. The van der Waals surface area contributed by atoms with Gasteiger partial charge in [-0.2, -0.15) is 5.10 Å². The summed E-state index contributed by atoms with van der Waals surface area (Å²) in [6, 6.07) is 16.2. The molecule has 3 aromatic rings. The number of esters is 1. The maximum Gasteiger partial charge on any atom is 0.343 e. The Hall–Kier alpha value is -5.06. The van der Waals surface area contributed by atoms with Crippen molar-refractivity contribution in [3.8, 4) is 11.5 Å². The molecule has 0 bridgehead atoms. The Balaban J connectivity index is 1.76. The molecule has 0 saturated heterocycles. The number of nitro groups is 1. The summed E-state index contributed by atoms with van der Waals surface area (Å²) in [6.45, 7) is 1.72. The van der Waals surface area contributed by atoms with Crippen molar-refractivity contribution in [1.82, 2.24) is 5.43 Å². The highest BCUT2D eigenvalue weighted by Gasteiger charge is 2.22. The number of para-hydroxylation sites is 1. The van der Waals surface area contributed by atoms with E-state index < -0.39 is 22.5 Å². The number of hydrogen-bond acceptors (Lipinski definition) is 8. The van der Waals surface area contributed by atoms with Crippen LogP contribution in [0.1, 0.15) is 39.6 Å². The third kappa shape index (κ3) is 6.50. The normalized spacial score (nSPS) is 10.5. The van der Waals surface area contributed by atoms with Crippen LogP contribution in [0.3, 0.4) is 0 Å². The molecule has 0 unspecified atom stereocenters. The highest BCUT2D eigenvalue weighted by atomic mass is 16.6. The first-order valence-corrected chi connectivity index (χ1v) is 10.7. The van der Waals surface area contributed by atoms with Crippen molar-refractivity contribution >= 4 is 35.4 Å². The molecule has 0 fully saturated rings. The average molecular weight is 490 g/mol. The number of benzene rings is 3. The topological polar surface area (TPSA) is 149 Å². The number of hydrazone groups is 1. The molecule has 11 nitrogen and oxygen atoms in total. The number of nitrogens with one attached hydrogen (secondary N) is 2. The highest BCUT2D eigenvalue weighted by molar-refractivity contribution is 5.97. The minimum Gasteiger partial charge on any atom is -0.497 e. The molecule has 184 valence electrons. The predicted molar refractivity (Wildman–Crippen MR) is 131 cm³/mol. The van der Waals surface area contributed by atoms with Gasteiger partial charge in [-0.3, -0.25) is 19.7 Å². The van der Waals surface area contributed by atoms with Crippen molar-refractivity contribution < 1.29 is 28.8 Å². The second-order valence-corrected chi connectivity index (χ2v) is 7.25. The molecule has 0 heterocycles. The number of rotatable bonds is 9. The number of hydrogen-bond donors (Lipinski definition) is 2. The first kappa shape index (κ1) is 25.6. The molecule has 0 aliphatic heterocycles. The predicted octanol–water partition coefficient (Wildman–Crippen LogP) is 3.94. The van der Waals surface area contributed by atoms with Crippen LogP contribution in [0.5, 0.6) is 11.5 Å². The van der Waals surface area contributed by atoms with Gasteiger partial charge in [-0.25, -0.2) is 10.2 Å². The molecular formula is C25H22N4O7. The van der Waals surface area contributed by atoms with Gasteiger partial charge in [-0.05, 0) is 54.6 Å². The van der Waals surface area contributed by atoms with E-state index in [4.69, 9.17) is 9.47 Å². The van der Waals surface area contributed by atoms with Gasteiger partial charge in [0.2, 0.25) is 11.7 Å². The van der Waals surface area contributed by atoms with Crippen molar-refractivity contribution in [3.05, 3.63) is 93.5 Å². The molecule has 3 aromatic carbocycles. The molecule has 36 heavy (non-hydrogen) atoms. The molecule has 0 spiro atoms. The van der Waals surface area contributed by atoms with Crippen molar-refractivity contribution in [2.24, 2.45) is 5.10 Å². The second-order valence-electron chi connectivity index (χ2n) is 7.25. The van der Waals surface area contributed by atoms with Crippen LogP contribution in [0, 0.1) is 10.1 Å². The number of methoxy groups -OCH3 is 1. The Morgan fingerprint density at radius 1 is 1.00 bits per heavy atom. The minimum atomic E-state index is -0.819. The number of nitrogens with zero attached hydrogens (tertiary/aromatic N) is 2. The Bertz CT molecular complexity index is 1300. The van der Waals surface area contributed by atoms with E-state index in [1.165, 1.54) is 49.6 Å². The van der Waals surface area contributed by atoms with E-state index in [9.17, 15) is 24.5 Å². The minimum absolute atomic E-state index is 0.101. The van der Waals surface area contributed by atoms with Crippen LogP contribution in [-0.4, -0.2) is 36.0 Å². The Labute approximate surface area is 205 Å². The van der Waals surface area contributed by atoms with Crippen LogP contribution in [-0.2, 0) is 4.79 Å². The molecule has 0 aliphatic rings. The summed E-state index contributed by atoms with van der Waals surface area (Å²) in [5.41, 5.74) is 2.93. The van der Waals surface area contributed by atoms with Crippen LogP contribution < -0.4 is 20.2 Å². The summed E-state index contributed by atoms with van der Waals surface area (Å²) in [5, 5.41) is 18.0. The maximum atomic E-state index is 12.6. The smallest absolute Gasteiger partial charge is 0.343 e. The maximum absolute atomic E-state index is 12.6. The van der Waals surface area contributed by atoms with Crippen molar-refractivity contribution in [2.45, 2.75) is 13.3 Å². The number of carbonyl (C=O) groups is 3. The van der Waals surface area contributed by atoms with Crippen molar-refractivity contribution in [3.63, 3.8) is 0 Å². The average Bonchev–Trinajstić information content (AvgIpc) is 2.89. The van der Waals surface area contributed by atoms with Crippen LogP contribution in [0.4, 0.5) is 11.4 Å². The molecule has 0 atom stereocenters. The molecule has 0 aromatic heterocycles. The molecule has 0 saturated carbocycles. The number of amides is 2. The number of anilines is 1. The summed E-state index contributed by atoms with van der Waals surface area (Å²) < 4.78 is 10.4. The van der Waals surface area contributed by atoms with E-state index in [0.717, 1.165) is 6.21 Å². The van der Waals surface area contributed by atoms with E-state index in [1.54, 1.807) is 31.2 Å². The summed E-state index contributed by atoms with van der Waals surface area (Å²) in [7, 11) is 1.48. The lowest BCUT2D eigenvalue weighted by Gasteiger charge is -2.09. The fourth-order valence-electron chi connectivity index (χ4n) is 2.96. The molecule has 3 rings (SSSR count). The van der Waals surface area contributed by atoms with Gasteiger partial charge >= 0.3 is 11.7 Å². The summed E-state index contributed by atoms with van der Waals surface area (Å²) in [4.78, 5) is 47.3. The van der Waals surface area contributed by atoms with E-state index in [-0.39, 0.29) is 28.3 Å².